The molecule has 0 atom stereocenters. The Balaban J connectivity index is 1.54. The van der Waals surface area contributed by atoms with Gasteiger partial charge in [0.1, 0.15) is 12.4 Å². The third-order valence-electron chi connectivity index (χ3n) is 3.53. The first-order valence-corrected chi connectivity index (χ1v) is 8.35. The van der Waals surface area contributed by atoms with Crippen molar-refractivity contribution in [3.8, 4) is 11.5 Å². The van der Waals surface area contributed by atoms with E-state index in [9.17, 15) is 10.1 Å². The average molecular weight is 361 g/mol. The maximum Gasteiger partial charge on any atom is 0.311 e. The lowest BCUT2D eigenvalue weighted by Crippen LogP contribution is -2.09. The van der Waals surface area contributed by atoms with Gasteiger partial charge in [-0.3, -0.25) is 10.1 Å². The average Bonchev–Trinajstić information content (AvgIpc) is 2.67. The molecule has 0 unspecified atom stereocenters. The van der Waals surface area contributed by atoms with Gasteiger partial charge in [0.25, 0.3) is 0 Å². The highest BCUT2D eigenvalue weighted by Crippen LogP contribution is 2.30. The number of nitro groups is 1. The molecule has 0 spiro atoms. The molecule has 2 rings (SSSR count). The van der Waals surface area contributed by atoms with E-state index in [2.05, 4.69) is 0 Å². The van der Waals surface area contributed by atoms with Crippen LogP contribution in [0.4, 0.5) is 5.69 Å². The molecule has 7 nitrogen and oxygen atoms in total. The number of methoxy groups -OCH3 is 1. The molecule has 0 aliphatic carbocycles. The summed E-state index contributed by atoms with van der Waals surface area (Å²) in [5, 5.41) is 10.8. The second-order valence-electron chi connectivity index (χ2n) is 5.44. The van der Waals surface area contributed by atoms with Gasteiger partial charge in [0.15, 0.2) is 0 Å². The van der Waals surface area contributed by atoms with Crippen LogP contribution in [0.15, 0.2) is 48.5 Å². The summed E-state index contributed by atoms with van der Waals surface area (Å²) in [6.45, 7) is 2.60. The minimum Gasteiger partial charge on any atom is -0.491 e. The van der Waals surface area contributed by atoms with Crippen molar-refractivity contribution in [1.29, 1.82) is 0 Å². The Bertz CT molecular complexity index is 677. The van der Waals surface area contributed by atoms with Gasteiger partial charge in [0.05, 0.1) is 25.2 Å². The molecule has 26 heavy (non-hydrogen) atoms. The maximum absolute atomic E-state index is 10.8. The molecule has 0 amide bonds. The Kier molecular flexibility index (Phi) is 8.38. The largest absolute Gasteiger partial charge is 0.491 e. The monoisotopic (exact) mass is 361 g/mol. The first-order valence-electron chi connectivity index (χ1n) is 8.35. The molecule has 2 aromatic carbocycles. The number of ether oxygens (including phenoxy) is 4. The van der Waals surface area contributed by atoms with Crippen molar-refractivity contribution < 1.29 is 23.9 Å². The van der Waals surface area contributed by atoms with Crippen molar-refractivity contribution in [1.82, 2.24) is 0 Å². The highest BCUT2D eigenvalue weighted by atomic mass is 16.6. The number of benzene rings is 2. The standard InChI is InChI=1S/C19H23NO6/c1-23-19-14-17(8-9-18(19)20(21)22)26-13-12-24-10-5-11-25-15-16-6-3-2-4-7-16/h2-4,6-9,14H,5,10-13,15H2,1H3. The van der Waals surface area contributed by atoms with E-state index in [-0.39, 0.29) is 11.4 Å². The molecule has 0 saturated carbocycles. The quantitative estimate of drug-likeness (QED) is 0.326. The summed E-state index contributed by atoms with van der Waals surface area (Å²) >= 11 is 0. The number of hydrogen-bond donors (Lipinski definition) is 0. The highest BCUT2D eigenvalue weighted by Gasteiger charge is 2.15. The van der Waals surface area contributed by atoms with Crippen LogP contribution in [-0.2, 0) is 16.1 Å². The van der Waals surface area contributed by atoms with Crippen molar-refractivity contribution >= 4 is 5.69 Å². The summed E-state index contributed by atoms with van der Waals surface area (Å²) in [6, 6.07) is 14.4. The van der Waals surface area contributed by atoms with Gasteiger partial charge in [-0.05, 0) is 18.1 Å². The summed E-state index contributed by atoms with van der Waals surface area (Å²) in [6.07, 6.45) is 0.804. The van der Waals surface area contributed by atoms with Crippen LogP contribution in [0.1, 0.15) is 12.0 Å². The Hall–Kier alpha value is -2.64. The van der Waals surface area contributed by atoms with Crippen molar-refractivity contribution in [2.75, 3.05) is 33.5 Å². The topological polar surface area (TPSA) is 80.1 Å². The fraction of sp³-hybridized carbons (Fsp3) is 0.368. The van der Waals surface area contributed by atoms with E-state index in [1.807, 2.05) is 30.3 Å². The van der Waals surface area contributed by atoms with Crippen LogP contribution in [-0.4, -0.2) is 38.5 Å². The van der Waals surface area contributed by atoms with Crippen LogP contribution in [0.25, 0.3) is 0 Å². The Morgan fingerprint density at radius 3 is 2.46 bits per heavy atom. The van der Waals surface area contributed by atoms with E-state index >= 15 is 0 Å². The van der Waals surface area contributed by atoms with Crippen LogP contribution in [0.2, 0.25) is 0 Å². The molecule has 0 aromatic heterocycles. The van der Waals surface area contributed by atoms with Crippen LogP contribution < -0.4 is 9.47 Å². The molecule has 0 fully saturated rings. The molecule has 2 aromatic rings. The van der Waals surface area contributed by atoms with Gasteiger partial charge in [0, 0.05) is 25.3 Å². The smallest absolute Gasteiger partial charge is 0.311 e. The predicted octanol–water partition coefficient (Wildman–Crippen LogP) is 3.61. The minimum absolute atomic E-state index is 0.0911. The zero-order valence-electron chi connectivity index (χ0n) is 14.8. The second kappa shape index (κ2) is 11.1. The van der Waals surface area contributed by atoms with E-state index in [1.165, 1.54) is 25.3 Å². The SMILES string of the molecule is COc1cc(OCCOCCCOCc2ccccc2)ccc1[N+](=O)[O-]. The lowest BCUT2D eigenvalue weighted by atomic mass is 10.2. The van der Waals surface area contributed by atoms with Crippen molar-refractivity contribution in [3.05, 3.63) is 64.2 Å². The van der Waals surface area contributed by atoms with E-state index in [0.29, 0.717) is 38.8 Å². The molecular weight excluding hydrogens is 338 g/mol. The van der Waals surface area contributed by atoms with E-state index < -0.39 is 4.92 Å². The normalized spacial score (nSPS) is 10.5. The van der Waals surface area contributed by atoms with Gasteiger partial charge in [0.2, 0.25) is 5.75 Å². The Labute approximate surface area is 152 Å². The van der Waals surface area contributed by atoms with Gasteiger partial charge in [-0.2, -0.15) is 0 Å². The van der Waals surface area contributed by atoms with E-state index in [1.54, 1.807) is 0 Å². The fourth-order valence-electron chi connectivity index (χ4n) is 2.25. The number of hydrogen-bond acceptors (Lipinski definition) is 6. The van der Waals surface area contributed by atoms with Crippen LogP contribution >= 0.6 is 0 Å². The first-order chi connectivity index (χ1) is 12.7. The fourth-order valence-corrected chi connectivity index (χ4v) is 2.25. The zero-order valence-corrected chi connectivity index (χ0v) is 14.8. The van der Waals surface area contributed by atoms with Crippen molar-refractivity contribution in [2.45, 2.75) is 13.0 Å². The summed E-state index contributed by atoms with van der Waals surface area (Å²) in [5.74, 6) is 0.672. The summed E-state index contributed by atoms with van der Waals surface area (Å²) in [7, 11) is 1.38. The zero-order chi connectivity index (χ0) is 18.6. The molecule has 0 aliphatic heterocycles. The maximum atomic E-state index is 10.8. The van der Waals surface area contributed by atoms with Gasteiger partial charge >= 0.3 is 5.69 Å². The molecule has 140 valence electrons. The third-order valence-corrected chi connectivity index (χ3v) is 3.53. The Morgan fingerprint density at radius 2 is 1.73 bits per heavy atom. The third kappa shape index (κ3) is 6.70. The molecule has 0 saturated heterocycles. The molecular formula is C19H23NO6. The van der Waals surface area contributed by atoms with E-state index in [0.717, 1.165) is 12.0 Å². The lowest BCUT2D eigenvalue weighted by Gasteiger charge is -2.09. The minimum atomic E-state index is -0.494. The molecule has 0 bridgehead atoms. The van der Waals surface area contributed by atoms with Gasteiger partial charge < -0.3 is 18.9 Å². The summed E-state index contributed by atoms with van der Waals surface area (Å²) in [4.78, 5) is 10.3. The summed E-state index contributed by atoms with van der Waals surface area (Å²) < 4.78 is 21.6. The van der Waals surface area contributed by atoms with Crippen LogP contribution in [0.3, 0.4) is 0 Å². The number of rotatable bonds is 12. The highest BCUT2D eigenvalue weighted by molar-refractivity contribution is 5.50. The molecule has 0 radical (unpaired) electrons. The second-order valence-corrected chi connectivity index (χ2v) is 5.44. The van der Waals surface area contributed by atoms with E-state index in [4.69, 9.17) is 18.9 Å². The first kappa shape index (κ1) is 19.7. The predicted molar refractivity (Wildman–Crippen MR) is 96.7 cm³/mol. The Morgan fingerprint density at radius 1 is 0.962 bits per heavy atom. The van der Waals surface area contributed by atoms with Crippen LogP contribution in [0, 0.1) is 10.1 Å². The lowest BCUT2D eigenvalue weighted by molar-refractivity contribution is -0.385. The van der Waals surface area contributed by atoms with Crippen molar-refractivity contribution in [2.24, 2.45) is 0 Å². The molecule has 0 aliphatic rings. The molecule has 0 heterocycles. The van der Waals surface area contributed by atoms with Crippen molar-refractivity contribution in [3.63, 3.8) is 0 Å². The van der Waals surface area contributed by atoms with Gasteiger partial charge in [-0.1, -0.05) is 30.3 Å². The van der Waals surface area contributed by atoms with Crippen LogP contribution in [0.5, 0.6) is 11.5 Å². The number of nitrogens with zero attached hydrogens (tertiary/aromatic N) is 1. The van der Waals surface area contributed by atoms with Gasteiger partial charge in [-0.15, -0.1) is 0 Å². The molecule has 7 heteroatoms. The summed E-state index contributed by atoms with van der Waals surface area (Å²) in [5.41, 5.74) is 1.06. The number of nitro benzene ring substituents is 1. The van der Waals surface area contributed by atoms with Gasteiger partial charge in [-0.25, -0.2) is 0 Å². The molecule has 0 N–H and O–H groups in total.